The fourth-order valence-corrected chi connectivity index (χ4v) is 4.80. The molecule has 2 saturated heterocycles. The number of hydrogen-bond donors (Lipinski definition) is 1. The molecule has 42 heavy (non-hydrogen) atoms. The molecule has 2 fully saturated rings. The highest BCUT2D eigenvalue weighted by Crippen LogP contribution is 2.34. The molecule has 226 valence electrons. The smallest absolute Gasteiger partial charge is 0.444 e. The Labute approximate surface area is 240 Å². The van der Waals surface area contributed by atoms with E-state index in [1.54, 1.807) is 49.9 Å². The lowest BCUT2D eigenvalue weighted by Gasteiger charge is -2.36. The number of para-hydroxylation sites is 2. The maximum absolute atomic E-state index is 14.1. The van der Waals surface area contributed by atoms with Gasteiger partial charge in [-0.05, 0) is 32.9 Å². The highest BCUT2D eigenvalue weighted by Gasteiger charge is 2.39. The number of morpholine rings is 1. The van der Waals surface area contributed by atoms with Crippen molar-refractivity contribution in [3.05, 3.63) is 36.2 Å². The Kier molecular flexibility index (Phi) is 8.12. The quantitative estimate of drug-likeness (QED) is 0.479. The highest BCUT2D eigenvalue weighted by atomic mass is 19.4. The zero-order valence-corrected chi connectivity index (χ0v) is 23.6. The summed E-state index contributed by atoms with van der Waals surface area (Å²) in [7, 11) is 0. The molecular weight excluding hydrogens is 557 g/mol. The van der Waals surface area contributed by atoms with E-state index in [0.717, 1.165) is 4.57 Å². The number of halogens is 3. The molecule has 0 aliphatic carbocycles. The third-order valence-corrected chi connectivity index (χ3v) is 6.78. The summed E-state index contributed by atoms with van der Waals surface area (Å²) in [5.41, 5.74) is -0.263. The SMILES string of the molecule is CC(C)(C)OC(=O)NCC(=O)N1CCN(c2cc(N3CCOCC3)nc(-n3c(C(F)(F)F)nc4ccccc43)n2)CC1. The van der Waals surface area contributed by atoms with Gasteiger partial charge >= 0.3 is 12.3 Å². The van der Waals surface area contributed by atoms with E-state index in [9.17, 15) is 22.8 Å². The van der Waals surface area contributed by atoms with Crippen LogP contribution in [0.1, 0.15) is 26.6 Å². The Bertz CT molecular complexity index is 1440. The fourth-order valence-electron chi connectivity index (χ4n) is 4.80. The zero-order chi connectivity index (χ0) is 30.1. The molecule has 0 bridgehead atoms. The van der Waals surface area contributed by atoms with Crippen LogP contribution in [0.3, 0.4) is 0 Å². The van der Waals surface area contributed by atoms with Crippen LogP contribution in [-0.4, -0.2) is 101 Å². The molecule has 0 atom stereocenters. The summed E-state index contributed by atoms with van der Waals surface area (Å²) in [4.78, 5) is 43.1. The minimum atomic E-state index is -4.74. The summed E-state index contributed by atoms with van der Waals surface area (Å²) in [6.07, 6.45) is -5.42. The van der Waals surface area contributed by atoms with Crippen LogP contribution in [0.5, 0.6) is 0 Å². The Morgan fingerprint density at radius 1 is 0.929 bits per heavy atom. The van der Waals surface area contributed by atoms with E-state index in [4.69, 9.17) is 9.47 Å². The number of nitrogens with zero attached hydrogens (tertiary/aromatic N) is 7. The Morgan fingerprint density at radius 3 is 2.17 bits per heavy atom. The van der Waals surface area contributed by atoms with Gasteiger partial charge in [-0.25, -0.2) is 9.78 Å². The van der Waals surface area contributed by atoms with Gasteiger partial charge in [0.2, 0.25) is 17.7 Å². The number of alkyl halides is 3. The Hall–Kier alpha value is -4.14. The predicted molar refractivity (Wildman–Crippen MR) is 148 cm³/mol. The molecule has 0 saturated carbocycles. The van der Waals surface area contributed by atoms with Gasteiger partial charge in [-0.1, -0.05) is 12.1 Å². The fraction of sp³-hybridized carbons (Fsp3) is 0.519. The van der Waals surface area contributed by atoms with Gasteiger partial charge in [-0.2, -0.15) is 23.1 Å². The number of hydrogen-bond acceptors (Lipinski definition) is 9. The number of amides is 2. The number of piperazine rings is 1. The van der Waals surface area contributed by atoms with E-state index in [1.807, 2.05) is 9.80 Å². The van der Waals surface area contributed by atoms with E-state index in [1.165, 1.54) is 6.07 Å². The number of alkyl carbamates (subject to hydrolysis) is 1. The van der Waals surface area contributed by atoms with Crippen LogP contribution < -0.4 is 15.1 Å². The number of carbonyl (C=O) groups is 2. The second-order valence-electron chi connectivity index (χ2n) is 11.0. The number of anilines is 2. The molecule has 5 rings (SSSR count). The van der Waals surface area contributed by atoms with Crippen LogP contribution >= 0.6 is 0 Å². The van der Waals surface area contributed by atoms with E-state index in [0.29, 0.717) is 64.1 Å². The molecule has 15 heteroatoms. The molecular formula is C27H33F3N8O4. The van der Waals surface area contributed by atoms with Gasteiger partial charge in [0.1, 0.15) is 23.8 Å². The molecule has 4 heterocycles. The zero-order valence-electron chi connectivity index (χ0n) is 23.6. The minimum Gasteiger partial charge on any atom is -0.444 e. The highest BCUT2D eigenvalue weighted by molar-refractivity contribution is 5.82. The molecule has 2 aromatic heterocycles. The number of nitrogens with one attached hydrogen (secondary N) is 1. The van der Waals surface area contributed by atoms with Gasteiger partial charge in [0, 0.05) is 45.3 Å². The van der Waals surface area contributed by atoms with E-state index in [2.05, 4.69) is 20.3 Å². The molecule has 2 amide bonds. The van der Waals surface area contributed by atoms with Gasteiger partial charge < -0.3 is 29.5 Å². The van der Waals surface area contributed by atoms with Crippen molar-refractivity contribution in [3.8, 4) is 5.95 Å². The molecule has 3 aromatic rings. The van der Waals surface area contributed by atoms with Crippen LogP contribution in [0.15, 0.2) is 30.3 Å². The Balaban J connectivity index is 1.40. The summed E-state index contributed by atoms with van der Waals surface area (Å²) in [5, 5.41) is 2.48. The molecule has 0 spiro atoms. The number of carbonyl (C=O) groups excluding carboxylic acids is 2. The molecule has 2 aliphatic heterocycles. The number of fused-ring (bicyclic) bond motifs is 1. The van der Waals surface area contributed by atoms with Crippen molar-refractivity contribution >= 4 is 34.7 Å². The van der Waals surface area contributed by atoms with Crippen molar-refractivity contribution in [3.63, 3.8) is 0 Å². The topological polar surface area (TPSA) is 118 Å². The van der Waals surface area contributed by atoms with E-state index in [-0.39, 0.29) is 29.4 Å². The third kappa shape index (κ3) is 6.66. The first-order chi connectivity index (χ1) is 19.9. The third-order valence-electron chi connectivity index (χ3n) is 6.78. The van der Waals surface area contributed by atoms with Crippen molar-refractivity contribution in [1.82, 2.24) is 29.7 Å². The molecule has 2 aliphatic rings. The first-order valence-corrected chi connectivity index (χ1v) is 13.7. The number of ether oxygens (including phenoxy) is 2. The van der Waals surface area contributed by atoms with Gasteiger partial charge in [0.15, 0.2) is 0 Å². The van der Waals surface area contributed by atoms with Crippen LogP contribution in [0, 0.1) is 0 Å². The minimum absolute atomic E-state index is 0.143. The average Bonchev–Trinajstić information content (AvgIpc) is 3.36. The van der Waals surface area contributed by atoms with E-state index < -0.39 is 23.7 Å². The number of aromatic nitrogens is 4. The number of imidazole rings is 1. The van der Waals surface area contributed by atoms with Crippen molar-refractivity contribution in [2.45, 2.75) is 32.5 Å². The van der Waals surface area contributed by atoms with Gasteiger partial charge in [0.25, 0.3) is 0 Å². The maximum atomic E-state index is 14.1. The molecule has 0 unspecified atom stereocenters. The van der Waals surface area contributed by atoms with E-state index >= 15 is 0 Å². The van der Waals surface area contributed by atoms with Crippen molar-refractivity contribution in [2.24, 2.45) is 0 Å². The van der Waals surface area contributed by atoms with Crippen molar-refractivity contribution < 1.29 is 32.2 Å². The first kappa shape index (κ1) is 29.4. The average molecular weight is 591 g/mol. The summed E-state index contributed by atoms with van der Waals surface area (Å²) in [6.45, 7) is 8.42. The van der Waals surface area contributed by atoms with Crippen LogP contribution in [0.25, 0.3) is 17.0 Å². The van der Waals surface area contributed by atoms with Gasteiger partial charge in [-0.15, -0.1) is 0 Å². The second kappa shape index (κ2) is 11.6. The number of benzene rings is 1. The van der Waals surface area contributed by atoms with Crippen LogP contribution in [0.4, 0.5) is 29.6 Å². The van der Waals surface area contributed by atoms with Crippen LogP contribution in [-0.2, 0) is 20.4 Å². The summed E-state index contributed by atoms with van der Waals surface area (Å²) in [6, 6.07) is 8.09. The lowest BCUT2D eigenvalue weighted by Crippen LogP contribution is -2.51. The molecule has 0 radical (unpaired) electrons. The summed E-state index contributed by atoms with van der Waals surface area (Å²) < 4.78 is 54.0. The number of rotatable bonds is 5. The maximum Gasteiger partial charge on any atom is 0.450 e. The van der Waals surface area contributed by atoms with Gasteiger partial charge in [0.05, 0.1) is 24.2 Å². The van der Waals surface area contributed by atoms with Gasteiger partial charge in [-0.3, -0.25) is 9.36 Å². The Morgan fingerprint density at radius 2 is 1.55 bits per heavy atom. The second-order valence-corrected chi connectivity index (χ2v) is 11.0. The lowest BCUT2D eigenvalue weighted by atomic mass is 10.2. The summed E-state index contributed by atoms with van der Waals surface area (Å²) in [5.74, 6) is -0.606. The first-order valence-electron chi connectivity index (χ1n) is 13.7. The summed E-state index contributed by atoms with van der Waals surface area (Å²) >= 11 is 0. The van der Waals surface area contributed by atoms with Crippen LogP contribution in [0.2, 0.25) is 0 Å². The monoisotopic (exact) mass is 590 g/mol. The lowest BCUT2D eigenvalue weighted by molar-refractivity contribution is -0.145. The molecule has 1 N–H and O–H groups in total. The standard InChI is InChI=1S/C27H33F3N8O4/c1-26(2,3)42-25(40)31-17-22(39)37-10-8-35(9-11-37)20-16-21(36-12-14-41-15-13-36)34-24(33-20)38-19-7-5-4-6-18(19)32-23(38)27(28,29)30/h4-7,16H,8-15,17H2,1-3H3,(H,31,40). The normalized spacial score (nSPS) is 16.6. The van der Waals surface area contributed by atoms with Crippen molar-refractivity contribution in [2.75, 3.05) is 68.8 Å². The largest absolute Gasteiger partial charge is 0.450 e. The molecule has 1 aromatic carbocycles. The predicted octanol–water partition coefficient (Wildman–Crippen LogP) is 2.84. The molecule has 12 nitrogen and oxygen atoms in total. The van der Waals surface area contributed by atoms with Crippen molar-refractivity contribution in [1.29, 1.82) is 0 Å².